The van der Waals surface area contributed by atoms with Gasteiger partial charge in [0.2, 0.25) is 0 Å². The third kappa shape index (κ3) is 3.97. The first-order valence-electron chi connectivity index (χ1n) is 7.77. The normalized spacial score (nSPS) is 17.4. The molecule has 1 aliphatic carbocycles. The fraction of sp³-hybridized carbons (Fsp3) is 0.647. The number of aliphatic hydroxyl groups is 1. The van der Waals surface area contributed by atoms with Crippen molar-refractivity contribution in [3.63, 3.8) is 0 Å². The van der Waals surface area contributed by atoms with Crippen molar-refractivity contribution in [2.24, 2.45) is 0 Å². The number of hydrogen-bond acceptors (Lipinski definition) is 3. The molecule has 0 fully saturated rings. The summed E-state index contributed by atoms with van der Waals surface area (Å²) in [6, 6.07) is 6.42. The predicted octanol–water partition coefficient (Wildman–Crippen LogP) is 2.69. The monoisotopic (exact) mass is 277 g/mol. The summed E-state index contributed by atoms with van der Waals surface area (Å²) in [5, 5.41) is 12.9. The Balaban J connectivity index is 1.95. The Morgan fingerprint density at radius 1 is 1.25 bits per heavy atom. The largest absolute Gasteiger partial charge is 0.492 e. The van der Waals surface area contributed by atoms with Crippen molar-refractivity contribution in [1.29, 1.82) is 0 Å². The molecule has 112 valence electrons. The van der Waals surface area contributed by atoms with Gasteiger partial charge in [-0.15, -0.1) is 0 Å². The number of aryl methyl sites for hydroxylation is 2. The van der Waals surface area contributed by atoms with Gasteiger partial charge >= 0.3 is 0 Å². The van der Waals surface area contributed by atoms with Gasteiger partial charge in [-0.3, -0.25) is 0 Å². The summed E-state index contributed by atoms with van der Waals surface area (Å²) in [6.45, 7) is 5.58. The summed E-state index contributed by atoms with van der Waals surface area (Å²) in [7, 11) is 0. The summed E-state index contributed by atoms with van der Waals surface area (Å²) in [5.74, 6) is 0.920. The highest BCUT2D eigenvalue weighted by Gasteiger charge is 2.23. The molecule has 0 radical (unpaired) electrons. The number of aliphatic hydroxyl groups excluding tert-OH is 1. The van der Waals surface area contributed by atoms with Gasteiger partial charge in [-0.1, -0.05) is 13.0 Å². The van der Waals surface area contributed by atoms with E-state index in [0.717, 1.165) is 25.1 Å². The maximum absolute atomic E-state index is 9.54. The summed E-state index contributed by atoms with van der Waals surface area (Å²) >= 11 is 0. The van der Waals surface area contributed by atoms with Crippen LogP contribution >= 0.6 is 0 Å². The lowest BCUT2D eigenvalue weighted by Crippen LogP contribution is -2.50. The molecule has 1 unspecified atom stereocenters. The Morgan fingerprint density at radius 2 is 2.00 bits per heavy atom. The van der Waals surface area contributed by atoms with E-state index in [1.54, 1.807) is 0 Å². The molecule has 2 rings (SSSR count). The highest BCUT2D eigenvalue weighted by molar-refractivity contribution is 5.37. The van der Waals surface area contributed by atoms with Gasteiger partial charge in [0.25, 0.3) is 0 Å². The molecule has 0 saturated heterocycles. The van der Waals surface area contributed by atoms with Crippen LogP contribution in [0.5, 0.6) is 5.75 Å². The maximum Gasteiger partial charge on any atom is 0.119 e. The van der Waals surface area contributed by atoms with Crippen molar-refractivity contribution < 1.29 is 9.84 Å². The SMILES string of the molecule is CCCNC(C)(CO)COc1ccc2c(c1)CCCC2. The van der Waals surface area contributed by atoms with Crippen LogP contribution in [0.1, 0.15) is 44.2 Å². The predicted molar refractivity (Wildman–Crippen MR) is 82.4 cm³/mol. The maximum atomic E-state index is 9.54. The van der Waals surface area contributed by atoms with Gasteiger partial charge in [-0.25, -0.2) is 0 Å². The molecule has 0 aromatic heterocycles. The summed E-state index contributed by atoms with van der Waals surface area (Å²) in [5.41, 5.74) is 2.53. The van der Waals surface area contributed by atoms with Crippen LogP contribution in [0.15, 0.2) is 18.2 Å². The second-order valence-electron chi connectivity index (χ2n) is 6.07. The Labute approximate surface area is 122 Å². The molecular formula is C17H27NO2. The molecule has 3 heteroatoms. The number of hydrogen-bond donors (Lipinski definition) is 2. The third-order valence-corrected chi connectivity index (χ3v) is 4.03. The van der Waals surface area contributed by atoms with Crippen molar-refractivity contribution in [1.82, 2.24) is 5.32 Å². The van der Waals surface area contributed by atoms with Gasteiger partial charge in [-0.05, 0) is 68.8 Å². The highest BCUT2D eigenvalue weighted by atomic mass is 16.5. The second-order valence-corrected chi connectivity index (χ2v) is 6.07. The van der Waals surface area contributed by atoms with Crippen molar-refractivity contribution in [2.75, 3.05) is 19.8 Å². The lowest BCUT2D eigenvalue weighted by atomic mass is 9.92. The van der Waals surface area contributed by atoms with Gasteiger partial charge in [0, 0.05) is 0 Å². The zero-order valence-corrected chi connectivity index (χ0v) is 12.7. The second kappa shape index (κ2) is 7.09. The fourth-order valence-corrected chi connectivity index (χ4v) is 2.62. The van der Waals surface area contributed by atoms with Crippen LogP contribution < -0.4 is 10.1 Å². The number of ether oxygens (including phenoxy) is 1. The summed E-state index contributed by atoms with van der Waals surface area (Å²) < 4.78 is 5.90. The molecular weight excluding hydrogens is 250 g/mol. The Bertz CT molecular complexity index is 433. The van der Waals surface area contributed by atoms with Crippen molar-refractivity contribution in [3.8, 4) is 5.75 Å². The van der Waals surface area contributed by atoms with Gasteiger partial charge in [0.15, 0.2) is 0 Å². The van der Waals surface area contributed by atoms with Gasteiger partial charge in [0.05, 0.1) is 12.1 Å². The summed E-state index contributed by atoms with van der Waals surface area (Å²) in [4.78, 5) is 0. The van der Waals surface area contributed by atoms with Crippen molar-refractivity contribution in [3.05, 3.63) is 29.3 Å². The molecule has 1 aliphatic rings. The standard InChI is InChI=1S/C17H27NO2/c1-3-10-18-17(2,12-19)13-20-16-9-8-14-6-4-5-7-15(14)11-16/h8-9,11,18-19H,3-7,10,12-13H2,1-2H3. The average molecular weight is 277 g/mol. The lowest BCUT2D eigenvalue weighted by molar-refractivity contribution is 0.116. The van der Waals surface area contributed by atoms with Gasteiger partial charge < -0.3 is 15.2 Å². The Hall–Kier alpha value is -1.06. The van der Waals surface area contributed by atoms with E-state index in [1.807, 2.05) is 6.92 Å². The molecule has 0 spiro atoms. The van der Waals surface area contributed by atoms with Gasteiger partial charge in [0.1, 0.15) is 12.4 Å². The molecule has 1 aromatic carbocycles. The van der Waals surface area contributed by atoms with Crippen LogP contribution in [0.25, 0.3) is 0 Å². The van der Waals surface area contributed by atoms with E-state index >= 15 is 0 Å². The number of fused-ring (bicyclic) bond motifs is 1. The smallest absolute Gasteiger partial charge is 0.119 e. The first-order chi connectivity index (χ1) is 9.67. The molecule has 0 saturated carbocycles. The van der Waals surface area contributed by atoms with Crippen LogP contribution in [0.3, 0.4) is 0 Å². The molecule has 20 heavy (non-hydrogen) atoms. The van der Waals surface area contributed by atoms with E-state index in [2.05, 4.69) is 30.4 Å². The third-order valence-electron chi connectivity index (χ3n) is 4.03. The minimum atomic E-state index is -0.369. The molecule has 0 aliphatic heterocycles. The molecule has 3 nitrogen and oxygen atoms in total. The summed E-state index contributed by atoms with van der Waals surface area (Å²) in [6.07, 6.45) is 5.99. The minimum Gasteiger partial charge on any atom is -0.492 e. The number of nitrogens with one attached hydrogen (secondary N) is 1. The van der Waals surface area contributed by atoms with Crippen LogP contribution in [0, 0.1) is 0 Å². The average Bonchev–Trinajstić information content (AvgIpc) is 2.51. The molecule has 1 aromatic rings. The number of rotatable bonds is 7. The zero-order chi connectivity index (χ0) is 14.4. The minimum absolute atomic E-state index is 0.0813. The van der Waals surface area contributed by atoms with E-state index in [9.17, 15) is 5.11 Å². The Morgan fingerprint density at radius 3 is 2.70 bits per heavy atom. The van der Waals surface area contributed by atoms with E-state index in [4.69, 9.17) is 4.74 Å². The van der Waals surface area contributed by atoms with E-state index in [1.165, 1.54) is 30.4 Å². The molecule has 2 N–H and O–H groups in total. The zero-order valence-electron chi connectivity index (χ0n) is 12.7. The van der Waals surface area contributed by atoms with Crippen LogP contribution in [0.4, 0.5) is 0 Å². The molecule has 0 heterocycles. The van der Waals surface area contributed by atoms with Crippen LogP contribution in [0.2, 0.25) is 0 Å². The Kier molecular flexibility index (Phi) is 5.44. The lowest BCUT2D eigenvalue weighted by Gasteiger charge is -2.29. The quantitative estimate of drug-likeness (QED) is 0.805. The van der Waals surface area contributed by atoms with Crippen molar-refractivity contribution >= 4 is 0 Å². The van der Waals surface area contributed by atoms with Gasteiger partial charge in [-0.2, -0.15) is 0 Å². The first kappa shape index (κ1) is 15.3. The molecule has 0 bridgehead atoms. The topological polar surface area (TPSA) is 41.5 Å². The van der Waals surface area contributed by atoms with Crippen LogP contribution in [-0.4, -0.2) is 30.4 Å². The van der Waals surface area contributed by atoms with Crippen molar-refractivity contribution in [2.45, 2.75) is 51.5 Å². The highest BCUT2D eigenvalue weighted by Crippen LogP contribution is 2.25. The molecule has 0 amide bonds. The fourth-order valence-electron chi connectivity index (χ4n) is 2.62. The van der Waals surface area contributed by atoms with E-state index in [0.29, 0.717) is 6.61 Å². The number of benzene rings is 1. The van der Waals surface area contributed by atoms with E-state index < -0.39 is 0 Å². The van der Waals surface area contributed by atoms with E-state index in [-0.39, 0.29) is 12.1 Å². The molecule has 1 atom stereocenters. The van der Waals surface area contributed by atoms with Crippen LogP contribution in [-0.2, 0) is 12.8 Å². The first-order valence-corrected chi connectivity index (χ1v) is 7.77.